The van der Waals surface area contributed by atoms with Gasteiger partial charge in [-0.3, -0.25) is 0 Å². The first-order valence-corrected chi connectivity index (χ1v) is 5.80. The Hall–Kier alpha value is -1.55. The van der Waals surface area contributed by atoms with E-state index in [1.807, 2.05) is 13.0 Å². The number of benzene rings is 1. The molecule has 1 aromatic rings. The van der Waals surface area contributed by atoms with Crippen LogP contribution >= 0.6 is 0 Å². The second-order valence-electron chi connectivity index (χ2n) is 4.79. The van der Waals surface area contributed by atoms with E-state index < -0.39 is 11.6 Å². The van der Waals surface area contributed by atoms with Gasteiger partial charge in [0, 0.05) is 12.2 Å². The Labute approximate surface area is 100 Å². The monoisotopic (exact) mass is 235 g/mol. The van der Waals surface area contributed by atoms with Gasteiger partial charge in [-0.25, -0.2) is 4.79 Å². The Morgan fingerprint density at radius 1 is 1.47 bits per heavy atom. The average molecular weight is 235 g/mol. The molecule has 0 spiro atoms. The average Bonchev–Trinajstić information content (AvgIpc) is 2.24. The summed E-state index contributed by atoms with van der Waals surface area (Å²) in [5, 5.41) is 22.1. The van der Waals surface area contributed by atoms with Crippen molar-refractivity contribution in [2.24, 2.45) is 0 Å². The minimum absolute atomic E-state index is 0.257. The van der Waals surface area contributed by atoms with Gasteiger partial charge in [0.15, 0.2) is 0 Å². The molecule has 1 aliphatic rings. The Morgan fingerprint density at radius 3 is 2.71 bits per heavy atom. The number of carbonyl (C=O) groups is 1. The van der Waals surface area contributed by atoms with Crippen LogP contribution in [0.3, 0.4) is 0 Å². The van der Waals surface area contributed by atoms with Crippen LogP contribution in [0.2, 0.25) is 0 Å². The summed E-state index contributed by atoms with van der Waals surface area (Å²) in [7, 11) is 0. The van der Waals surface area contributed by atoms with Crippen molar-refractivity contribution < 1.29 is 15.0 Å². The molecule has 4 heteroatoms. The van der Waals surface area contributed by atoms with E-state index in [0.29, 0.717) is 12.2 Å². The molecule has 0 unspecified atom stereocenters. The number of hydrogen-bond acceptors (Lipinski definition) is 3. The molecule has 1 aliphatic carbocycles. The number of hydrogen-bond donors (Lipinski definition) is 3. The lowest BCUT2D eigenvalue weighted by atomic mass is 9.80. The molecule has 4 nitrogen and oxygen atoms in total. The molecule has 3 N–H and O–H groups in total. The second-order valence-corrected chi connectivity index (χ2v) is 4.79. The number of carboxylic acid groups (broad SMARTS) is 1. The molecule has 0 atom stereocenters. The molecule has 0 aliphatic heterocycles. The lowest BCUT2D eigenvalue weighted by Crippen LogP contribution is -2.43. The predicted octanol–water partition coefficient (Wildman–Crippen LogP) is 2.02. The van der Waals surface area contributed by atoms with Crippen LogP contribution in [0.15, 0.2) is 18.2 Å². The van der Waals surface area contributed by atoms with Crippen LogP contribution in [0.5, 0.6) is 0 Å². The molecule has 0 radical (unpaired) electrons. The zero-order chi connectivity index (χ0) is 12.5. The maximum absolute atomic E-state index is 11.1. The van der Waals surface area contributed by atoms with Crippen molar-refractivity contribution in [1.29, 1.82) is 0 Å². The molecule has 0 bridgehead atoms. The van der Waals surface area contributed by atoms with Crippen molar-refractivity contribution in [2.45, 2.75) is 31.8 Å². The number of rotatable bonds is 4. The van der Waals surface area contributed by atoms with E-state index in [0.717, 1.165) is 24.8 Å². The zero-order valence-electron chi connectivity index (χ0n) is 9.86. The van der Waals surface area contributed by atoms with Crippen LogP contribution in [0, 0.1) is 6.92 Å². The smallest absolute Gasteiger partial charge is 0.337 e. The van der Waals surface area contributed by atoms with Gasteiger partial charge in [-0.2, -0.15) is 0 Å². The summed E-state index contributed by atoms with van der Waals surface area (Å²) in [6.07, 6.45) is 2.61. The van der Waals surface area contributed by atoms with Gasteiger partial charge in [-0.15, -0.1) is 0 Å². The molecule has 0 heterocycles. The summed E-state index contributed by atoms with van der Waals surface area (Å²) >= 11 is 0. The molecule has 1 fully saturated rings. The zero-order valence-corrected chi connectivity index (χ0v) is 9.86. The number of aryl methyl sites for hydroxylation is 1. The number of aromatic carboxylic acids is 1. The fraction of sp³-hybridized carbons (Fsp3) is 0.462. The van der Waals surface area contributed by atoms with E-state index in [9.17, 15) is 9.90 Å². The van der Waals surface area contributed by atoms with Crippen molar-refractivity contribution in [3.63, 3.8) is 0 Å². The van der Waals surface area contributed by atoms with E-state index in [4.69, 9.17) is 5.11 Å². The summed E-state index contributed by atoms with van der Waals surface area (Å²) in [5.41, 5.74) is 1.09. The Balaban J connectivity index is 2.12. The summed E-state index contributed by atoms with van der Waals surface area (Å²) in [6, 6.07) is 5.25. The molecule has 0 aromatic heterocycles. The first-order chi connectivity index (χ1) is 8.00. The molecule has 2 rings (SSSR count). The normalized spacial score (nSPS) is 17.3. The fourth-order valence-corrected chi connectivity index (χ4v) is 2.01. The van der Waals surface area contributed by atoms with E-state index in [1.54, 1.807) is 12.1 Å². The van der Waals surface area contributed by atoms with E-state index in [2.05, 4.69) is 5.32 Å². The molecule has 0 amide bonds. The topological polar surface area (TPSA) is 69.6 Å². The van der Waals surface area contributed by atoms with Gasteiger partial charge in [-0.1, -0.05) is 11.6 Å². The van der Waals surface area contributed by atoms with Crippen LogP contribution < -0.4 is 5.32 Å². The molecule has 17 heavy (non-hydrogen) atoms. The Morgan fingerprint density at radius 2 is 2.18 bits per heavy atom. The highest BCUT2D eigenvalue weighted by atomic mass is 16.4. The predicted molar refractivity (Wildman–Crippen MR) is 65.4 cm³/mol. The lowest BCUT2D eigenvalue weighted by molar-refractivity contribution is -0.0202. The van der Waals surface area contributed by atoms with Gasteiger partial charge in [0.2, 0.25) is 0 Å². The third kappa shape index (κ3) is 2.58. The largest absolute Gasteiger partial charge is 0.478 e. The van der Waals surface area contributed by atoms with Crippen molar-refractivity contribution in [1.82, 2.24) is 0 Å². The maximum atomic E-state index is 11.1. The Bertz CT molecular complexity index is 438. The van der Waals surface area contributed by atoms with Crippen LogP contribution in [-0.4, -0.2) is 28.3 Å². The van der Waals surface area contributed by atoms with Gasteiger partial charge >= 0.3 is 5.97 Å². The lowest BCUT2D eigenvalue weighted by Gasteiger charge is -2.37. The van der Waals surface area contributed by atoms with Crippen molar-refractivity contribution in [3.8, 4) is 0 Å². The van der Waals surface area contributed by atoms with E-state index in [1.165, 1.54) is 0 Å². The molecule has 1 saturated carbocycles. The fourth-order valence-electron chi connectivity index (χ4n) is 2.01. The van der Waals surface area contributed by atoms with Crippen LogP contribution in [0.1, 0.15) is 35.2 Å². The van der Waals surface area contributed by atoms with Crippen molar-refractivity contribution >= 4 is 11.7 Å². The number of nitrogens with one attached hydrogen (secondary N) is 1. The first kappa shape index (κ1) is 11.9. The first-order valence-electron chi connectivity index (χ1n) is 5.80. The second kappa shape index (κ2) is 4.37. The standard InChI is InChI=1S/C13H17NO3/c1-9-3-4-11(10(7-9)12(15)16)14-8-13(17)5-2-6-13/h3-4,7,14,17H,2,5-6,8H2,1H3,(H,15,16). The number of anilines is 1. The van der Waals surface area contributed by atoms with Crippen LogP contribution in [0.25, 0.3) is 0 Å². The highest BCUT2D eigenvalue weighted by Crippen LogP contribution is 2.32. The van der Waals surface area contributed by atoms with Crippen molar-refractivity contribution in [3.05, 3.63) is 29.3 Å². The van der Waals surface area contributed by atoms with Gasteiger partial charge in [0.25, 0.3) is 0 Å². The maximum Gasteiger partial charge on any atom is 0.337 e. The van der Waals surface area contributed by atoms with Gasteiger partial charge < -0.3 is 15.5 Å². The van der Waals surface area contributed by atoms with Crippen LogP contribution in [-0.2, 0) is 0 Å². The molecule has 92 valence electrons. The Kier molecular flexibility index (Phi) is 3.07. The third-order valence-electron chi connectivity index (χ3n) is 3.30. The van der Waals surface area contributed by atoms with Gasteiger partial charge in [-0.05, 0) is 38.3 Å². The quantitative estimate of drug-likeness (QED) is 0.746. The van der Waals surface area contributed by atoms with E-state index in [-0.39, 0.29) is 5.56 Å². The minimum Gasteiger partial charge on any atom is -0.478 e. The molecular weight excluding hydrogens is 218 g/mol. The summed E-state index contributed by atoms with van der Waals surface area (Å²) in [6.45, 7) is 2.27. The minimum atomic E-state index is -0.947. The van der Waals surface area contributed by atoms with Gasteiger partial charge in [0.05, 0.1) is 11.2 Å². The molecular formula is C13H17NO3. The highest BCUT2D eigenvalue weighted by molar-refractivity contribution is 5.94. The van der Waals surface area contributed by atoms with Crippen molar-refractivity contribution in [2.75, 3.05) is 11.9 Å². The third-order valence-corrected chi connectivity index (χ3v) is 3.30. The summed E-state index contributed by atoms with van der Waals surface area (Å²) < 4.78 is 0. The van der Waals surface area contributed by atoms with Gasteiger partial charge in [0.1, 0.15) is 0 Å². The number of carboxylic acids is 1. The van der Waals surface area contributed by atoms with Crippen LogP contribution in [0.4, 0.5) is 5.69 Å². The molecule has 0 saturated heterocycles. The molecule has 1 aromatic carbocycles. The number of aliphatic hydroxyl groups is 1. The SMILES string of the molecule is Cc1ccc(NCC2(O)CCC2)c(C(=O)O)c1. The highest BCUT2D eigenvalue weighted by Gasteiger charge is 2.34. The van der Waals surface area contributed by atoms with E-state index >= 15 is 0 Å². The summed E-state index contributed by atoms with van der Waals surface area (Å²) in [4.78, 5) is 11.1. The summed E-state index contributed by atoms with van der Waals surface area (Å²) in [5.74, 6) is -0.947.